The fourth-order valence-electron chi connectivity index (χ4n) is 4.55. The SMILES string of the molecule is NCC(C1CCOCC1)N1CCC2CCCCC21. The van der Waals surface area contributed by atoms with Crippen LogP contribution in [0.2, 0.25) is 0 Å². The summed E-state index contributed by atoms with van der Waals surface area (Å²) in [5.74, 6) is 1.76. The first-order chi connectivity index (χ1) is 8.90. The molecule has 3 aliphatic rings. The Hall–Kier alpha value is -0.120. The summed E-state index contributed by atoms with van der Waals surface area (Å²) in [6.07, 6.45) is 9.63. The second kappa shape index (κ2) is 5.89. The van der Waals surface area contributed by atoms with Gasteiger partial charge in [0.25, 0.3) is 0 Å². The first-order valence-electron chi connectivity index (χ1n) is 7.93. The van der Waals surface area contributed by atoms with E-state index in [0.29, 0.717) is 6.04 Å². The van der Waals surface area contributed by atoms with Crippen LogP contribution in [0.25, 0.3) is 0 Å². The molecule has 0 radical (unpaired) electrons. The van der Waals surface area contributed by atoms with Crippen molar-refractivity contribution in [2.24, 2.45) is 17.6 Å². The highest BCUT2D eigenvalue weighted by atomic mass is 16.5. The standard InChI is InChI=1S/C15H28N2O/c16-11-15(13-6-9-18-10-7-13)17-8-5-12-3-1-2-4-14(12)17/h12-15H,1-11,16H2. The minimum Gasteiger partial charge on any atom is -0.381 e. The predicted octanol–water partition coefficient (Wildman–Crippen LogP) is 2.00. The van der Waals surface area contributed by atoms with Crippen molar-refractivity contribution in [2.45, 2.75) is 57.0 Å². The zero-order valence-corrected chi connectivity index (χ0v) is 11.5. The first kappa shape index (κ1) is 12.9. The smallest absolute Gasteiger partial charge is 0.0469 e. The quantitative estimate of drug-likeness (QED) is 0.835. The van der Waals surface area contributed by atoms with E-state index in [1.54, 1.807) is 0 Å². The summed E-state index contributed by atoms with van der Waals surface area (Å²) in [7, 11) is 0. The van der Waals surface area contributed by atoms with Gasteiger partial charge in [0.15, 0.2) is 0 Å². The Morgan fingerprint density at radius 1 is 1.06 bits per heavy atom. The molecule has 3 atom stereocenters. The van der Waals surface area contributed by atoms with Crippen molar-refractivity contribution in [3.05, 3.63) is 0 Å². The van der Waals surface area contributed by atoms with Crippen molar-refractivity contribution in [2.75, 3.05) is 26.3 Å². The summed E-state index contributed by atoms with van der Waals surface area (Å²) in [5, 5.41) is 0. The van der Waals surface area contributed by atoms with E-state index in [-0.39, 0.29) is 0 Å². The number of nitrogens with two attached hydrogens (primary N) is 1. The summed E-state index contributed by atoms with van der Waals surface area (Å²) in [4.78, 5) is 2.79. The van der Waals surface area contributed by atoms with Crippen LogP contribution in [0.1, 0.15) is 44.9 Å². The van der Waals surface area contributed by atoms with Crippen molar-refractivity contribution in [1.82, 2.24) is 4.90 Å². The first-order valence-corrected chi connectivity index (χ1v) is 7.93. The van der Waals surface area contributed by atoms with Crippen LogP contribution in [-0.4, -0.2) is 43.3 Å². The van der Waals surface area contributed by atoms with Crippen LogP contribution in [0.3, 0.4) is 0 Å². The zero-order valence-electron chi connectivity index (χ0n) is 11.5. The number of fused-ring (bicyclic) bond motifs is 1. The lowest BCUT2D eigenvalue weighted by molar-refractivity contribution is 0.0176. The minimum atomic E-state index is 0.627. The van der Waals surface area contributed by atoms with E-state index >= 15 is 0 Å². The maximum Gasteiger partial charge on any atom is 0.0469 e. The highest BCUT2D eigenvalue weighted by Crippen LogP contribution is 2.39. The maximum atomic E-state index is 6.12. The third kappa shape index (κ3) is 2.45. The van der Waals surface area contributed by atoms with Crippen LogP contribution in [0, 0.1) is 11.8 Å². The molecule has 18 heavy (non-hydrogen) atoms. The van der Waals surface area contributed by atoms with E-state index < -0.39 is 0 Å². The number of ether oxygens (including phenoxy) is 1. The average molecular weight is 252 g/mol. The molecule has 0 aromatic rings. The van der Waals surface area contributed by atoms with Crippen molar-refractivity contribution in [1.29, 1.82) is 0 Å². The largest absolute Gasteiger partial charge is 0.381 e. The van der Waals surface area contributed by atoms with E-state index in [2.05, 4.69) is 4.90 Å². The Labute approximate surface area is 111 Å². The van der Waals surface area contributed by atoms with Crippen LogP contribution >= 0.6 is 0 Å². The second-order valence-electron chi connectivity index (χ2n) is 6.39. The fourth-order valence-corrected chi connectivity index (χ4v) is 4.55. The van der Waals surface area contributed by atoms with Crippen LogP contribution in [0.15, 0.2) is 0 Å². The molecule has 3 rings (SSSR count). The van der Waals surface area contributed by atoms with Gasteiger partial charge in [-0.2, -0.15) is 0 Å². The predicted molar refractivity (Wildman–Crippen MR) is 73.5 cm³/mol. The normalized spacial score (nSPS) is 36.5. The molecular weight excluding hydrogens is 224 g/mol. The molecule has 2 heterocycles. The van der Waals surface area contributed by atoms with Gasteiger partial charge in [-0.1, -0.05) is 12.8 Å². The van der Waals surface area contributed by atoms with Crippen molar-refractivity contribution in [3.8, 4) is 0 Å². The second-order valence-corrected chi connectivity index (χ2v) is 6.39. The molecular formula is C15H28N2O. The van der Waals surface area contributed by atoms with Gasteiger partial charge in [0.05, 0.1) is 0 Å². The highest BCUT2D eigenvalue weighted by molar-refractivity contribution is 4.95. The van der Waals surface area contributed by atoms with Crippen LogP contribution in [0.5, 0.6) is 0 Å². The number of hydrogen-bond donors (Lipinski definition) is 1. The van der Waals surface area contributed by atoms with E-state index in [1.165, 1.54) is 51.5 Å². The maximum absolute atomic E-state index is 6.12. The lowest BCUT2D eigenvalue weighted by atomic mass is 9.83. The van der Waals surface area contributed by atoms with Crippen LogP contribution in [0.4, 0.5) is 0 Å². The van der Waals surface area contributed by atoms with Gasteiger partial charge in [0.1, 0.15) is 0 Å². The summed E-state index contributed by atoms with van der Waals surface area (Å²) in [6.45, 7) is 4.04. The molecule has 0 amide bonds. The Balaban J connectivity index is 1.67. The lowest BCUT2D eigenvalue weighted by Crippen LogP contribution is -2.50. The molecule has 3 heteroatoms. The number of nitrogens with zero attached hydrogens (tertiary/aromatic N) is 1. The Morgan fingerprint density at radius 3 is 2.61 bits per heavy atom. The van der Waals surface area contributed by atoms with Gasteiger partial charge in [-0.3, -0.25) is 4.90 Å². The molecule has 3 fully saturated rings. The van der Waals surface area contributed by atoms with Gasteiger partial charge >= 0.3 is 0 Å². The van der Waals surface area contributed by atoms with Crippen LogP contribution in [-0.2, 0) is 4.74 Å². The Bertz CT molecular complexity index is 265. The summed E-state index contributed by atoms with van der Waals surface area (Å²) in [6, 6.07) is 1.48. The zero-order chi connectivity index (χ0) is 12.4. The fraction of sp³-hybridized carbons (Fsp3) is 1.00. The molecule has 0 bridgehead atoms. The van der Waals surface area contributed by atoms with E-state index in [1.807, 2.05) is 0 Å². The third-order valence-electron chi connectivity index (χ3n) is 5.53. The molecule has 0 aromatic carbocycles. The number of hydrogen-bond acceptors (Lipinski definition) is 3. The Morgan fingerprint density at radius 2 is 1.83 bits per heavy atom. The average Bonchev–Trinajstić information content (AvgIpc) is 2.85. The van der Waals surface area contributed by atoms with Crippen LogP contribution < -0.4 is 5.73 Å². The van der Waals surface area contributed by atoms with Gasteiger partial charge in [0.2, 0.25) is 0 Å². The molecule has 104 valence electrons. The van der Waals surface area contributed by atoms with Gasteiger partial charge in [-0.05, 0) is 50.5 Å². The van der Waals surface area contributed by atoms with Gasteiger partial charge in [0, 0.05) is 31.8 Å². The Kier molecular flexibility index (Phi) is 4.22. The monoisotopic (exact) mass is 252 g/mol. The van der Waals surface area contributed by atoms with Crippen molar-refractivity contribution >= 4 is 0 Å². The molecule has 1 saturated carbocycles. The summed E-state index contributed by atoms with van der Waals surface area (Å²) < 4.78 is 5.50. The molecule has 2 aliphatic heterocycles. The van der Waals surface area contributed by atoms with Gasteiger partial charge < -0.3 is 10.5 Å². The third-order valence-corrected chi connectivity index (χ3v) is 5.53. The molecule has 2 N–H and O–H groups in total. The summed E-state index contributed by atoms with van der Waals surface area (Å²) in [5.41, 5.74) is 6.12. The van der Waals surface area contributed by atoms with Gasteiger partial charge in [-0.25, -0.2) is 0 Å². The van der Waals surface area contributed by atoms with E-state index in [0.717, 1.165) is 37.6 Å². The topological polar surface area (TPSA) is 38.5 Å². The van der Waals surface area contributed by atoms with E-state index in [4.69, 9.17) is 10.5 Å². The molecule has 3 nitrogen and oxygen atoms in total. The number of likely N-dealkylation sites (tertiary alicyclic amines) is 1. The molecule has 3 unspecified atom stereocenters. The lowest BCUT2D eigenvalue weighted by Gasteiger charge is -2.41. The van der Waals surface area contributed by atoms with Crippen molar-refractivity contribution in [3.63, 3.8) is 0 Å². The highest BCUT2D eigenvalue weighted by Gasteiger charge is 2.40. The molecule has 0 aromatic heterocycles. The van der Waals surface area contributed by atoms with E-state index in [9.17, 15) is 0 Å². The molecule has 2 saturated heterocycles. The molecule has 1 aliphatic carbocycles. The number of rotatable bonds is 3. The molecule has 0 spiro atoms. The minimum absolute atomic E-state index is 0.627. The van der Waals surface area contributed by atoms with Crippen molar-refractivity contribution < 1.29 is 4.74 Å². The summed E-state index contributed by atoms with van der Waals surface area (Å²) >= 11 is 0. The van der Waals surface area contributed by atoms with Gasteiger partial charge in [-0.15, -0.1) is 0 Å².